The van der Waals surface area contributed by atoms with Crippen LogP contribution in [0.2, 0.25) is 0 Å². The highest BCUT2D eigenvalue weighted by Crippen LogP contribution is 2.23. The minimum atomic E-state index is -1.50. The van der Waals surface area contributed by atoms with Crippen LogP contribution < -0.4 is 10.6 Å². The Labute approximate surface area is 144 Å². The number of benzene rings is 2. The fraction of sp³-hybridized carbons (Fsp3) is 0.278. The molecule has 2 aromatic carbocycles. The van der Waals surface area contributed by atoms with Gasteiger partial charge in [-0.1, -0.05) is 12.1 Å². The largest absolute Gasteiger partial charge is 0.444 e. The van der Waals surface area contributed by atoms with Gasteiger partial charge in [0.05, 0.1) is 11.4 Å². The zero-order valence-electron chi connectivity index (χ0n) is 14.1. The van der Waals surface area contributed by atoms with Crippen LogP contribution in [0.3, 0.4) is 0 Å². The molecule has 0 aliphatic heterocycles. The van der Waals surface area contributed by atoms with Crippen molar-refractivity contribution in [3.63, 3.8) is 0 Å². The Morgan fingerprint density at radius 3 is 2.16 bits per heavy atom. The average molecular weight is 352 g/mol. The van der Waals surface area contributed by atoms with Crippen LogP contribution in [0.5, 0.6) is 0 Å². The van der Waals surface area contributed by atoms with Crippen LogP contribution in [0, 0.1) is 17.5 Å². The van der Waals surface area contributed by atoms with E-state index in [0.29, 0.717) is 11.4 Å². The lowest BCUT2D eigenvalue weighted by Crippen LogP contribution is -2.27. The topological polar surface area (TPSA) is 50.4 Å². The Balaban J connectivity index is 2.09. The van der Waals surface area contributed by atoms with Crippen LogP contribution in [0.4, 0.5) is 29.3 Å². The molecule has 0 fully saturated rings. The van der Waals surface area contributed by atoms with Crippen LogP contribution in [-0.4, -0.2) is 11.7 Å². The van der Waals surface area contributed by atoms with E-state index in [1.165, 1.54) is 0 Å². The minimum Gasteiger partial charge on any atom is -0.444 e. The zero-order chi connectivity index (χ0) is 18.6. The maximum Gasteiger partial charge on any atom is 0.412 e. The molecule has 4 nitrogen and oxygen atoms in total. The summed E-state index contributed by atoms with van der Waals surface area (Å²) in [5.41, 5.74) is 0.553. The highest BCUT2D eigenvalue weighted by Gasteiger charge is 2.17. The molecule has 7 heteroatoms. The van der Waals surface area contributed by atoms with E-state index in [1.54, 1.807) is 45.0 Å². The molecule has 2 aromatic rings. The van der Waals surface area contributed by atoms with Crippen LogP contribution in [-0.2, 0) is 11.3 Å². The van der Waals surface area contributed by atoms with Gasteiger partial charge in [0.15, 0.2) is 17.5 Å². The summed E-state index contributed by atoms with van der Waals surface area (Å²) in [6, 6.07) is 8.61. The summed E-state index contributed by atoms with van der Waals surface area (Å²) in [7, 11) is 0. The smallest absolute Gasteiger partial charge is 0.412 e. The van der Waals surface area contributed by atoms with Gasteiger partial charge in [-0.25, -0.2) is 18.0 Å². The standard InChI is InChI=1S/C18H19F3N2O2/c1-18(2,3)25-17(24)23-15-7-5-4-6-14(15)22-10-11-8-12(19)16(21)13(20)9-11/h4-9,22H,10H2,1-3H3,(H,23,24). The van der Waals surface area contributed by atoms with Gasteiger partial charge in [-0.05, 0) is 50.6 Å². The van der Waals surface area contributed by atoms with E-state index in [9.17, 15) is 18.0 Å². The number of amides is 1. The monoisotopic (exact) mass is 352 g/mol. The van der Waals surface area contributed by atoms with E-state index in [0.717, 1.165) is 12.1 Å². The van der Waals surface area contributed by atoms with E-state index in [-0.39, 0.29) is 12.1 Å². The molecule has 1 amide bonds. The van der Waals surface area contributed by atoms with E-state index < -0.39 is 29.1 Å². The lowest BCUT2D eigenvalue weighted by Gasteiger charge is -2.20. The molecule has 134 valence electrons. The van der Waals surface area contributed by atoms with Crippen molar-refractivity contribution in [3.8, 4) is 0 Å². The normalized spacial score (nSPS) is 11.1. The minimum absolute atomic E-state index is 0.0428. The quantitative estimate of drug-likeness (QED) is 0.756. The van der Waals surface area contributed by atoms with Gasteiger partial charge < -0.3 is 10.1 Å². The van der Waals surface area contributed by atoms with E-state index in [4.69, 9.17) is 4.74 Å². The second-order valence-electron chi connectivity index (χ2n) is 6.40. The number of halogens is 3. The molecule has 0 aliphatic carbocycles. The first-order valence-corrected chi connectivity index (χ1v) is 7.62. The van der Waals surface area contributed by atoms with Gasteiger partial charge in [0, 0.05) is 6.54 Å². The first kappa shape index (κ1) is 18.6. The SMILES string of the molecule is CC(C)(C)OC(=O)Nc1ccccc1NCc1cc(F)c(F)c(F)c1. The molecule has 2 rings (SSSR count). The number of hydrogen-bond donors (Lipinski definition) is 2. The highest BCUT2D eigenvalue weighted by atomic mass is 19.2. The molecule has 2 N–H and O–H groups in total. The van der Waals surface area contributed by atoms with Gasteiger partial charge in [-0.2, -0.15) is 0 Å². The predicted molar refractivity (Wildman–Crippen MR) is 89.9 cm³/mol. The van der Waals surface area contributed by atoms with Crippen molar-refractivity contribution >= 4 is 17.5 Å². The Bertz CT molecular complexity index is 750. The molecule has 0 bridgehead atoms. The number of rotatable bonds is 4. The molecule has 0 unspecified atom stereocenters. The molecule has 0 aliphatic rings. The van der Waals surface area contributed by atoms with Crippen LogP contribution in [0.1, 0.15) is 26.3 Å². The molecular formula is C18H19F3N2O2. The molecule has 0 saturated carbocycles. The van der Waals surface area contributed by atoms with Crippen molar-refractivity contribution in [1.29, 1.82) is 0 Å². The lowest BCUT2D eigenvalue weighted by molar-refractivity contribution is 0.0636. The number of nitrogens with one attached hydrogen (secondary N) is 2. The van der Waals surface area contributed by atoms with Crippen molar-refractivity contribution in [2.24, 2.45) is 0 Å². The number of hydrogen-bond acceptors (Lipinski definition) is 3. The molecule has 0 saturated heterocycles. The maximum absolute atomic E-state index is 13.3. The van der Waals surface area contributed by atoms with Crippen molar-refractivity contribution in [2.75, 3.05) is 10.6 Å². The Kier molecular flexibility index (Phi) is 5.56. The number of carbonyl (C=O) groups is 1. The van der Waals surface area contributed by atoms with Gasteiger partial charge in [0.1, 0.15) is 5.60 Å². The third-order valence-electron chi connectivity index (χ3n) is 3.09. The molecule has 0 aromatic heterocycles. The maximum atomic E-state index is 13.3. The van der Waals surface area contributed by atoms with E-state index in [1.807, 2.05) is 0 Å². The number of carbonyl (C=O) groups excluding carboxylic acids is 1. The average Bonchev–Trinajstić information content (AvgIpc) is 2.49. The summed E-state index contributed by atoms with van der Waals surface area (Å²) >= 11 is 0. The molecule has 0 atom stereocenters. The van der Waals surface area contributed by atoms with Crippen molar-refractivity contribution in [3.05, 3.63) is 59.4 Å². The van der Waals surface area contributed by atoms with Gasteiger partial charge in [0.25, 0.3) is 0 Å². The molecule has 0 heterocycles. The molecule has 25 heavy (non-hydrogen) atoms. The second kappa shape index (κ2) is 7.46. The third kappa shape index (κ3) is 5.41. The summed E-state index contributed by atoms with van der Waals surface area (Å²) in [4.78, 5) is 11.9. The summed E-state index contributed by atoms with van der Waals surface area (Å²) in [5, 5.41) is 5.55. The molecule has 0 radical (unpaired) electrons. The van der Waals surface area contributed by atoms with Crippen molar-refractivity contribution in [1.82, 2.24) is 0 Å². The summed E-state index contributed by atoms with van der Waals surface area (Å²) in [5.74, 6) is -4.01. The first-order chi connectivity index (χ1) is 11.7. The van der Waals surface area contributed by atoms with Crippen molar-refractivity contribution in [2.45, 2.75) is 32.9 Å². The fourth-order valence-corrected chi connectivity index (χ4v) is 2.07. The second-order valence-corrected chi connectivity index (χ2v) is 6.40. The van der Waals surface area contributed by atoms with Crippen LogP contribution in [0.15, 0.2) is 36.4 Å². The van der Waals surface area contributed by atoms with Crippen molar-refractivity contribution < 1.29 is 22.7 Å². The first-order valence-electron chi connectivity index (χ1n) is 7.62. The van der Waals surface area contributed by atoms with Gasteiger partial charge in [0.2, 0.25) is 0 Å². The Hall–Kier alpha value is -2.70. The molecular weight excluding hydrogens is 333 g/mol. The highest BCUT2D eigenvalue weighted by molar-refractivity contribution is 5.89. The molecule has 0 spiro atoms. The predicted octanol–water partition coefficient (Wildman–Crippen LogP) is 5.06. The van der Waals surface area contributed by atoms with E-state index >= 15 is 0 Å². The fourth-order valence-electron chi connectivity index (χ4n) is 2.07. The number of ether oxygens (including phenoxy) is 1. The van der Waals surface area contributed by atoms with Gasteiger partial charge in [-0.3, -0.25) is 5.32 Å². The number of para-hydroxylation sites is 2. The summed E-state index contributed by atoms with van der Waals surface area (Å²) < 4.78 is 44.7. The van der Waals surface area contributed by atoms with Crippen LogP contribution in [0.25, 0.3) is 0 Å². The lowest BCUT2D eigenvalue weighted by atomic mass is 10.2. The summed E-state index contributed by atoms with van der Waals surface area (Å²) in [6.07, 6.45) is -0.624. The zero-order valence-corrected chi connectivity index (χ0v) is 14.1. The van der Waals surface area contributed by atoms with Gasteiger partial charge >= 0.3 is 6.09 Å². The summed E-state index contributed by atoms with van der Waals surface area (Å²) in [6.45, 7) is 5.28. The Morgan fingerprint density at radius 2 is 1.60 bits per heavy atom. The van der Waals surface area contributed by atoms with Crippen LogP contribution >= 0.6 is 0 Å². The van der Waals surface area contributed by atoms with Gasteiger partial charge in [-0.15, -0.1) is 0 Å². The number of anilines is 2. The third-order valence-corrected chi connectivity index (χ3v) is 3.09. The Morgan fingerprint density at radius 1 is 1.04 bits per heavy atom. The van der Waals surface area contributed by atoms with E-state index in [2.05, 4.69) is 10.6 Å².